The second-order valence-corrected chi connectivity index (χ2v) is 5.54. The Morgan fingerprint density at radius 1 is 1.48 bits per heavy atom. The van der Waals surface area contributed by atoms with Crippen molar-refractivity contribution in [1.82, 2.24) is 10.2 Å². The van der Waals surface area contributed by atoms with Crippen LogP contribution >= 0.6 is 0 Å². The molecule has 21 heavy (non-hydrogen) atoms. The molecule has 1 unspecified atom stereocenters. The molecule has 0 bridgehead atoms. The molecule has 2 heterocycles. The lowest BCUT2D eigenvalue weighted by Crippen LogP contribution is -2.46. The van der Waals surface area contributed by atoms with Gasteiger partial charge in [0.1, 0.15) is 5.76 Å². The van der Waals surface area contributed by atoms with E-state index in [9.17, 15) is 9.59 Å². The highest BCUT2D eigenvalue weighted by atomic mass is 16.4. The fourth-order valence-electron chi connectivity index (χ4n) is 2.71. The van der Waals surface area contributed by atoms with Crippen LogP contribution in [0.2, 0.25) is 0 Å². The van der Waals surface area contributed by atoms with Crippen LogP contribution in [0.15, 0.2) is 10.5 Å². The molecule has 1 aromatic rings. The van der Waals surface area contributed by atoms with Gasteiger partial charge in [0.2, 0.25) is 5.91 Å². The summed E-state index contributed by atoms with van der Waals surface area (Å²) >= 11 is 0. The number of carbonyl (C=O) groups is 2. The Hall–Kier alpha value is -1.82. The van der Waals surface area contributed by atoms with Gasteiger partial charge in [0, 0.05) is 31.7 Å². The van der Waals surface area contributed by atoms with Crippen LogP contribution < -0.4 is 11.1 Å². The van der Waals surface area contributed by atoms with Gasteiger partial charge in [-0.2, -0.15) is 0 Å². The van der Waals surface area contributed by atoms with Gasteiger partial charge in [-0.3, -0.25) is 9.59 Å². The zero-order chi connectivity index (χ0) is 15.4. The average molecular weight is 293 g/mol. The predicted octanol–water partition coefficient (Wildman–Crippen LogP) is 0.824. The van der Waals surface area contributed by atoms with Crippen molar-refractivity contribution < 1.29 is 14.0 Å². The third kappa shape index (κ3) is 3.64. The van der Waals surface area contributed by atoms with Crippen LogP contribution in [0.25, 0.3) is 0 Å². The van der Waals surface area contributed by atoms with E-state index < -0.39 is 0 Å². The third-order valence-electron chi connectivity index (χ3n) is 3.76. The molecule has 3 N–H and O–H groups in total. The van der Waals surface area contributed by atoms with E-state index in [4.69, 9.17) is 10.2 Å². The van der Waals surface area contributed by atoms with Gasteiger partial charge in [0.15, 0.2) is 5.76 Å². The number of aryl methyl sites for hydroxylation is 2. The lowest BCUT2D eigenvalue weighted by Gasteiger charge is -2.31. The molecule has 1 saturated heterocycles. The van der Waals surface area contributed by atoms with Crippen molar-refractivity contribution in [1.29, 1.82) is 0 Å². The van der Waals surface area contributed by atoms with Crippen LogP contribution in [0.3, 0.4) is 0 Å². The van der Waals surface area contributed by atoms with Gasteiger partial charge in [0.05, 0.1) is 5.92 Å². The van der Waals surface area contributed by atoms with Crippen LogP contribution in [0.1, 0.15) is 34.7 Å². The smallest absolute Gasteiger partial charge is 0.289 e. The first-order valence-electron chi connectivity index (χ1n) is 7.37. The van der Waals surface area contributed by atoms with Crippen molar-refractivity contribution in [3.05, 3.63) is 23.2 Å². The standard InChI is InChI=1S/C15H23N3O3/c1-10-8-11(2)21-13(10)15(20)18-7-3-4-12(9-18)14(19)17-6-5-16/h8,12H,3-7,9,16H2,1-2H3,(H,17,19). The zero-order valence-electron chi connectivity index (χ0n) is 12.6. The summed E-state index contributed by atoms with van der Waals surface area (Å²) in [7, 11) is 0. The second kappa shape index (κ2) is 6.76. The Labute approximate surface area is 124 Å². The molecule has 1 atom stereocenters. The maximum atomic E-state index is 12.5. The Balaban J connectivity index is 2.02. The molecule has 1 aromatic heterocycles. The monoisotopic (exact) mass is 293 g/mol. The van der Waals surface area contributed by atoms with Gasteiger partial charge in [-0.05, 0) is 32.8 Å². The summed E-state index contributed by atoms with van der Waals surface area (Å²) in [6, 6.07) is 1.85. The molecule has 116 valence electrons. The summed E-state index contributed by atoms with van der Waals surface area (Å²) in [4.78, 5) is 26.2. The van der Waals surface area contributed by atoms with E-state index in [2.05, 4.69) is 5.32 Å². The van der Waals surface area contributed by atoms with Crippen LogP contribution in [-0.2, 0) is 4.79 Å². The molecule has 0 spiro atoms. The Morgan fingerprint density at radius 3 is 2.86 bits per heavy atom. The van der Waals surface area contributed by atoms with Crippen molar-refractivity contribution in [2.75, 3.05) is 26.2 Å². The lowest BCUT2D eigenvalue weighted by molar-refractivity contribution is -0.126. The number of furan rings is 1. The molecular weight excluding hydrogens is 270 g/mol. The molecule has 6 heteroatoms. The summed E-state index contributed by atoms with van der Waals surface area (Å²) in [5, 5.41) is 2.79. The summed E-state index contributed by atoms with van der Waals surface area (Å²) in [5.41, 5.74) is 6.23. The number of nitrogens with one attached hydrogen (secondary N) is 1. The van der Waals surface area contributed by atoms with Gasteiger partial charge in [-0.1, -0.05) is 0 Å². The predicted molar refractivity (Wildman–Crippen MR) is 78.9 cm³/mol. The van der Waals surface area contributed by atoms with Gasteiger partial charge in [-0.25, -0.2) is 0 Å². The van der Waals surface area contributed by atoms with Crippen molar-refractivity contribution in [2.24, 2.45) is 11.7 Å². The van der Waals surface area contributed by atoms with E-state index >= 15 is 0 Å². The number of piperidine rings is 1. The van der Waals surface area contributed by atoms with Gasteiger partial charge < -0.3 is 20.4 Å². The molecule has 2 amide bonds. The summed E-state index contributed by atoms with van der Waals surface area (Å²) in [5.74, 6) is 0.799. The first kappa shape index (κ1) is 15.6. The molecule has 1 fully saturated rings. The molecule has 0 radical (unpaired) electrons. The van der Waals surface area contributed by atoms with Crippen molar-refractivity contribution in [3.8, 4) is 0 Å². The molecular formula is C15H23N3O3. The number of carbonyl (C=O) groups excluding carboxylic acids is 2. The lowest BCUT2D eigenvalue weighted by atomic mass is 9.96. The van der Waals surface area contributed by atoms with Crippen LogP contribution in [0, 0.1) is 19.8 Å². The fourth-order valence-corrected chi connectivity index (χ4v) is 2.71. The normalized spacial score (nSPS) is 18.6. The van der Waals surface area contributed by atoms with Crippen LogP contribution in [0.4, 0.5) is 0 Å². The highest BCUT2D eigenvalue weighted by molar-refractivity contribution is 5.93. The van der Waals surface area contributed by atoms with Gasteiger partial charge in [0.25, 0.3) is 5.91 Å². The molecule has 0 aliphatic carbocycles. The van der Waals surface area contributed by atoms with E-state index in [0.29, 0.717) is 31.9 Å². The first-order valence-corrected chi connectivity index (χ1v) is 7.37. The maximum Gasteiger partial charge on any atom is 0.289 e. The average Bonchev–Trinajstić information content (AvgIpc) is 2.82. The van der Waals surface area contributed by atoms with Gasteiger partial charge in [-0.15, -0.1) is 0 Å². The summed E-state index contributed by atoms with van der Waals surface area (Å²) in [6.45, 7) is 5.68. The number of amides is 2. The quantitative estimate of drug-likeness (QED) is 0.860. The SMILES string of the molecule is Cc1cc(C)c(C(=O)N2CCCC(C(=O)NCCN)C2)o1. The number of hydrogen-bond donors (Lipinski definition) is 2. The first-order chi connectivity index (χ1) is 10.0. The van der Waals surface area contributed by atoms with E-state index in [-0.39, 0.29) is 17.7 Å². The highest BCUT2D eigenvalue weighted by Gasteiger charge is 2.30. The minimum absolute atomic E-state index is 0.0229. The molecule has 1 aliphatic heterocycles. The number of nitrogens with zero attached hydrogens (tertiary/aromatic N) is 1. The summed E-state index contributed by atoms with van der Waals surface area (Å²) in [6.07, 6.45) is 1.63. The van der Waals surface area contributed by atoms with Crippen molar-refractivity contribution in [3.63, 3.8) is 0 Å². The minimum Gasteiger partial charge on any atom is -0.456 e. The van der Waals surface area contributed by atoms with E-state index in [1.54, 1.807) is 4.90 Å². The molecule has 0 saturated carbocycles. The zero-order valence-corrected chi connectivity index (χ0v) is 12.6. The number of rotatable bonds is 4. The molecule has 6 nitrogen and oxygen atoms in total. The van der Waals surface area contributed by atoms with E-state index in [1.165, 1.54) is 0 Å². The van der Waals surface area contributed by atoms with Crippen molar-refractivity contribution >= 4 is 11.8 Å². The topological polar surface area (TPSA) is 88.6 Å². The molecule has 1 aliphatic rings. The molecule has 2 rings (SSSR count). The Kier molecular flexibility index (Phi) is 5.01. The Morgan fingerprint density at radius 2 is 2.24 bits per heavy atom. The van der Waals surface area contributed by atoms with Crippen molar-refractivity contribution in [2.45, 2.75) is 26.7 Å². The largest absolute Gasteiger partial charge is 0.456 e. The maximum absolute atomic E-state index is 12.5. The second-order valence-electron chi connectivity index (χ2n) is 5.54. The molecule has 0 aromatic carbocycles. The Bertz CT molecular complexity index is 524. The van der Waals surface area contributed by atoms with E-state index in [0.717, 1.165) is 24.2 Å². The minimum atomic E-state index is -0.161. The number of hydrogen-bond acceptors (Lipinski definition) is 4. The summed E-state index contributed by atoms with van der Waals surface area (Å²) < 4.78 is 5.48. The van der Waals surface area contributed by atoms with Crippen LogP contribution in [-0.4, -0.2) is 42.9 Å². The number of likely N-dealkylation sites (tertiary alicyclic amines) is 1. The third-order valence-corrected chi connectivity index (χ3v) is 3.76. The van der Waals surface area contributed by atoms with Gasteiger partial charge >= 0.3 is 0 Å². The highest BCUT2D eigenvalue weighted by Crippen LogP contribution is 2.21. The number of nitrogens with two attached hydrogens (primary N) is 1. The van der Waals surface area contributed by atoms with E-state index in [1.807, 2.05) is 19.9 Å². The van der Waals surface area contributed by atoms with Crippen LogP contribution in [0.5, 0.6) is 0 Å². The fraction of sp³-hybridized carbons (Fsp3) is 0.600.